The fourth-order valence-electron chi connectivity index (χ4n) is 0.931. The Labute approximate surface area is 86.6 Å². The smallest absolute Gasteiger partial charge is 0.340 e. The van der Waals surface area contributed by atoms with Crippen LogP contribution in [0.1, 0.15) is 24.2 Å². The van der Waals surface area contributed by atoms with Crippen molar-refractivity contribution in [2.45, 2.75) is 20.0 Å². The van der Waals surface area contributed by atoms with Crippen LogP contribution in [0.4, 0.5) is 4.39 Å². The second-order valence-electron chi connectivity index (χ2n) is 3.08. The molecule has 0 atom stereocenters. The van der Waals surface area contributed by atoms with Gasteiger partial charge in [-0.15, -0.1) is 0 Å². The van der Waals surface area contributed by atoms with Crippen molar-refractivity contribution in [3.05, 3.63) is 34.6 Å². The Bertz CT molecular complexity index is 350. The molecule has 0 unspecified atom stereocenters. The number of esters is 1. The lowest BCUT2D eigenvalue weighted by molar-refractivity contribution is 0.0377. The van der Waals surface area contributed by atoms with E-state index < -0.39 is 11.8 Å². The third kappa shape index (κ3) is 2.70. The highest BCUT2D eigenvalue weighted by Gasteiger charge is 2.13. The summed E-state index contributed by atoms with van der Waals surface area (Å²) in [7, 11) is 0. The number of carbonyl (C=O) groups excluding carboxylic acids is 1. The summed E-state index contributed by atoms with van der Waals surface area (Å²) in [5, 5.41) is 0.192. The molecule has 0 aliphatic heterocycles. The first-order chi connectivity index (χ1) is 6.50. The quantitative estimate of drug-likeness (QED) is 0.711. The van der Waals surface area contributed by atoms with E-state index in [1.54, 1.807) is 13.8 Å². The van der Waals surface area contributed by atoms with Gasteiger partial charge in [0.25, 0.3) is 0 Å². The van der Waals surface area contributed by atoms with Gasteiger partial charge in [-0.3, -0.25) is 0 Å². The van der Waals surface area contributed by atoms with Gasteiger partial charge in [0, 0.05) is 0 Å². The zero-order valence-corrected chi connectivity index (χ0v) is 8.64. The predicted octanol–water partition coefficient (Wildman–Crippen LogP) is 3.04. The zero-order chi connectivity index (χ0) is 10.7. The van der Waals surface area contributed by atoms with E-state index in [2.05, 4.69) is 0 Å². The van der Waals surface area contributed by atoms with E-state index in [1.807, 2.05) is 0 Å². The van der Waals surface area contributed by atoms with Gasteiger partial charge in [-0.25, -0.2) is 9.18 Å². The summed E-state index contributed by atoms with van der Waals surface area (Å²) in [6.45, 7) is 3.43. The third-order valence-electron chi connectivity index (χ3n) is 1.49. The van der Waals surface area contributed by atoms with Gasteiger partial charge in [0.2, 0.25) is 0 Å². The van der Waals surface area contributed by atoms with Gasteiger partial charge in [-0.1, -0.05) is 11.6 Å². The molecule has 4 heteroatoms. The van der Waals surface area contributed by atoms with Crippen LogP contribution in [-0.4, -0.2) is 12.1 Å². The molecule has 0 radical (unpaired) electrons. The maximum atomic E-state index is 12.8. The van der Waals surface area contributed by atoms with Crippen molar-refractivity contribution in [3.63, 3.8) is 0 Å². The highest BCUT2D eigenvalue weighted by molar-refractivity contribution is 6.33. The molecule has 0 aromatic heterocycles. The number of carbonyl (C=O) groups is 1. The van der Waals surface area contributed by atoms with Crippen molar-refractivity contribution in [2.24, 2.45) is 0 Å². The summed E-state index contributed by atoms with van der Waals surface area (Å²) in [6.07, 6.45) is -0.248. The first kappa shape index (κ1) is 11.0. The summed E-state index contributed by atoms with van der Waals surface area (Å²) in [5.74, 6) is -1.12. The van der Waals surface area contributed by atoms with E-state index in [0.29, 0.717) is 0 Å². The molecular formula is C10H10ClFO2. The monoisotopic (exact) mass is 216 g/mol. The van der Waals surface area contributed by atoms with E-state index >= 15 is 0 Å². The molecule has 0 amide bonds. The van der Waals surface area contributed by atoms with Crippen LogP contribution in [0.5, 0.6) is 0 Å². The summed E-state index contributed by atoms with van der Waals surface area (Å²) < 4.78 is 17.7. The second kappa shape index (κ2) is 4.42. The molecule has 0 heterocycles. The molecule has 0 bridgehead atoms. The molecule has 0 aliphatic carbocycles. The van der Waals surface area contributed by atoms with Crippen LogP contribution >= 0.6 is 11.6 Å². The van der Waals surface area contributed by atoms with Crippen molar-refractivity contribution >= 4 is 17.6 Å². The van der Waals surface area contributed by atoms with E-state index in [-0.39, 0.29) is 16.7 Å². The second-order valence-corrected chi connectivity index (χ2v) is 3.49. The maximum Gasteiger partial charge on any atom is 0.340 e. The predicted molar refractivity (Wildman–Crippen MR) is 52.0 cm³/mol. The molecule has 1 rings (SSSR count). The highest BCUT2D eigenvalue weighted by atomic mass is 35.5. The Morgan fingerprint density at radius 3 is 2.71 bits per heavy atom. The first-order valence-corrected chi connectivity index (χ1v) is 4.54. The molecule has 0 N–H and O–H groups in total. The molecule has 2 nitrogen and oxygen atoms in total. The number of benzene rings is 1. The van der Waals surface area contributed by atoms with Crippen molar-refractivity contribution < 1.29 is 13.9 Å². The molecule has 0 saturated carbocycles. The normalized spacial score (nSPS) is 10.4. The average Bonchev–Trinajstić information content (AvgIpc) is 2.08. The summed E-state index contributed by atoms with van der Waals surface area (Å²) >= 11 is 5.71. The molecular weight excluding hydrogens is 207 g/mol. The van der Waals surface area contributed by atoms with Crippen molar-refractivity contribution in [3.8, 4) is 0 Å². The standard InChI is InChI=1S/C10H10ClFO2/c1-6(2)14-10(13)8-5-7(12)3-4-9(8)11/h3-6H,1-2H3. The van der Waals surface area contributed by atoms with Crippen LogP contribution in [0.3, 0.4) is 0 Å². The molecule has 76 valence electrons. The Kier molecular flexibility index (Phi) is 3.47. The number of hydrogen-bond donors (Lipinski definition) is 0. The SMILES string of the molecule is CC(C)OC(=O)c1cc(F)ccc1Cl. The Morgan fingerprint density at radius 2 is 2.14 bits per heavy atom. The molecule has 0 aliphatic rings. The molecule has 0 fully saturated rings. The van der Waals surface area contributed by atoms with Crippen LogP contribution in [-0.2, 0) is 4.74 Å². The molecule has 0 spiro atoms. The number of halogens is 2. The Hall–Kier alpha value is -1.09. The lowest BCUT2D eigenvalue weighted by Gasteiger charge is -2.08. The van der Waals surface area contributed by atoms with Crippen LogP contribution in [0.25, 0.3) is 0 Å². The molecule has 14 heavy (non-hydrogen) atoms. The molecule has 1 aromatic carbocycles. The third-order valence-corrected chi connectivity index (χ3v) is 1.82. The van der Waals surface area contributed by atoms with E-state index in [4.69, 9.17) is 16.3 Å². The summed E-state index contributed by atoms with van der Waals surface area (Å²) in [5.41, 5.74) is 0.0559. The van der Waals surface area contributed by atoms with Crippen LogP contribution in [0.2, 0.25) is 5.02 Å². The fraction of sp³-hybridized carbons (Fsp3) is 0.300. The Morgan fingerprint density at radius 1 is 1.50 bits per heavy atom. The van der Waals surface area contributed by atoms with Crippen molar-refractivity contribution in [1.29, 1.82) is 0 Å². The van der Waals surface area contributed by atoms with Gasteiger partial charge in [-0.2, -0.15) is 0 Å². The summed E-state index contributed by atoms with van der Waals surface area (Å²) in [6, 6.07) is 3.58. The lowest BCUT2D eigenvalue weighted by atomic mass is 10.2. The minimum Gasteiger partial charge on any atom is -0.459 e. The molecule has 0 saturated heterocycles. The van der Waals surface area contributed by atoms with Crippen LogP contribution in [0, 0.1) is 5.82 Å². The fourth-order valence-corrected chi connectivity index (χ4v) is 1.13. The number of rotatable bonds is 2. The van der Waals surface area contributed by atoms with Gasteiger partial charge in [-0.05, 0) is 32.0 Å². The maximum absolute atomic E-state index is 12.8. The van der Waals surface area contributed by atoms with Gasteiger partial charge in [0.15, 0.2) is 0 Å². The van der Waals surface area contributed by atoms with E-state index in [1.165, 1.54) is 12.1 Å². The van der Waals surface area contributed by atoms with Crippen molar-refractivity contribution in [1.82, 2.24) is 0 Å². The minimum absolute atomic E-state index is 0.0559. The number of ether oxygens (including phenoxy) is 1. The largest absolute Gasteiger partial charge is 0.459 e. The Balaban J connectivity index is 2.94. The zero-order valence-electron chi connectivity index (χ0n) is 7.88. The summed E-state index contributed by atoms with van der Waals surface area (Å²) in [4.78, 5) is 11.4. The van der Waals surface area contributed by atoms with E-state index in [0.717, 1.165) is 6.07 Å². The number of hydrogen-bond acceptors (Lipinski definition) is 2. The highest BCUT2D eigenvalue weighted by Crippen LogP contribution is 2.18. The topological polar surface area (TPSA) is 26.3 Å². The average molecular weight is 217 g/mol. The van der Waals surface area contributed by atoms with Crippen molar-refractivity contribution in [2.75, 3.05) is 0 Å². The van der Waals surface area contributed by atoms with Gasteiger partial charge in [0.1, 0.15) is 5.82 Å². The van der Waals surface area contributed by atoms with Gasteiger partial charge < -0.3 is 4.74 Å². The van der Waals surface area contributed by atoms with Crippen LogP contribution in [0.15, 0.2) is 18.2 Å². The minimum atomic E-state index is -0.607. The van der Waals surface area contributed by atoms with Gasteiger partial charge in [0.05, 0.1) is 16.7 Å². The molecule has 1 aromatic rings. The van der Waals surface area contributed by atoms with E-state index in [9.17, 15) is 9.18 Å². The van der Waals surface area contributed by atoms with Gasteiger partial charge >= 0.3 is 5.97 Å². The first-order valence-electron chi connectivity index (χ1n) is 4.16. The van der Waals surface area contributed by atoms with Crippen LogP contribution < -0.4 is 0 Å². The lowest BCUT2D eigenvalue weighted by Crippen LogP contribution is -2.12.